The third-order valence-electron chi connectivity index (χ3n) is 2.64. The monoisotopic (exact) mass is 288 g/mol. The van der Waals surface area contributed by atoms with Crippen molar-refractivity contribution in [3.05, 3.63) is 41.4 Å². The van der Waals surface area contributed by atoms with Gasteiger partial charge in [0.05, 0.1) is 0 Å². The van der Waals surface area contributed by atoms with Crippen LogP contribution in [-0.4, -0.2) is 19.7 Å². The van der Waals surface area contributed by atoms with Crippen LogP contribution in [0.2, 0.25) is 0 Å². The first-order valence-corrected chi connectivity index (χ1v) is 7.48. The van der Waals surface area contributed by atoms with Gasteiger partial charge in [-0.05, 0) is 18.7 Å². The number of benzene rings is 1. The van der Waals surface area contributed by atoms with Crippen molar-refractivity contribution in [3.63, 3.8) is 0 Å². The maximum absolute atomic E-state index is 4.43. The lowest BCUT2D eigenvalue weighted by Crippen LogP contribution is -1.94. The molecule has 0 aliphatic heterocycles. The fourth-order valence-corrected chi connectivity index (χ4v) is 3.43. The van der Waals surface area contributed by atoms with Crippen LogP contribution in [-0.2, 0) is 7.05 Å². The summed E-state index contributed by atoms with van der Waals surface area (Å²) in [4.78, 5) is 4.43. The number of thiazole rings is 1. The second kappa shape index (κ2) is 5.14. The fraction of sp³-hybridized carbons (Fsp3) is 0.154. The summed E-state index contributed by atoms with van der Waals surface area (Å²) in [7, 11) is 1.98. The Balaban J connectivity index is 1.91. The molecule has 0 aliphatic carbocycles. The molecule has 0 fully saturated rings. The molecule has 3 rings (SSSR count). The van der Waals surface area contributed by atoms with Gasteiger partial charge in [-0.25, -0.2) is 4.98 Å². The summed E-state index contributed by atoms with van der Waals surface area (Å²) >= 11 is 3.18. The van der Waals surface area contributed by atoms with Crippen molar-refractivity contribution in [1.29, 1.82) is 0 Å². The van der Waals surface area contributed by atoms with Gasteiger partial charge in [-0.3, -0.25) is 0 Å². The first kappa shape index (κ1) is 12.4. The Morgan fingerprint density at radius 1 is 1.16 bits per heavy atom. The number of rotatable bonds is 3. The van der Waals surface area contributed by atoms with E-state index in [4.69, 9.17) is 0 Å². The van der Waals surface area contributed by atoms with Crippen molar-refractivity contribution in [3.8, 4) is 11.4 Å². The first-order chi connectivity index (χ1) is 9.24. The van der Waals surface area contributed by atoms with Gasteiger partial charge in [0.15, 0.2) is 15.3 Å². The van der Waals surface area contributed by atoms with E-state index in [1.54, 1.807) is 23.1 Å². The van der Waals surface area contributed by atoms with Gasteiger partial charge in [-0.1, -0.05) is 30.3 Å². The molecule has 0 N–H and O–H groups in total. The summed E-state index contributed by atoms with van der Waals surface area (Å²) < 4.78 is 2.99. The molecule has 0 aliphatic rings. The van der Waals surface area contributed by atoms with Gasteiger partial charge in [0.25, 0.3) is 0 Å². The topological polar surface area (TPSA) is 43.6 Å². The molecule has 0 saturated heterocycles. The second-order valence-corrected chi connectivity index (χ2v) is 6.16. The van der Waals surface area contributed by atoms with Gasteiger partial charge < -0.3 is 4.57 Å². The molecule has 96 valence electrons. The van der Waals surface area contributed by atoms with Crippen molar-refractivity contribution < 1.29 is 0 Å². The average Bonchev–Trinajstić information content (AvgIpc) is 2.99. The van der Waals surface area contributed by atoms with Crippen LogP contribution in [0, 0.1) is 6.92 Å². The number of aryl methyl sites for hydroxylation is 1. The molecule has 0 atom stereocenters. The highest BCUT2D eigenvalue weighted by Crippen LogP contribution is 2.30. The Morgan fingerprint density at radius 2 is 1.95 bits per heavy atom. The molecule has 0 saturated carbocycles. The standard InChI is InChI=1S/C13H12N4S2/c1-9-8-18-13(14-9)19-12-16-15-11(17(12)2)10-6-4-3-5-7-10/h3-8H,1-2H3. The van der Waals surface area contributed by atoms with Crippen molar-refractivity contribution >= 4 is 23.1 Å². The van der Waals surface area contributed by atoms with Gasteiger partial charge in [0.1, 0.15) is 0 Å². The predicted molar refractivity (Wildman–Crippen MR) is 77.4 cm³/mol. The quantitative estimate of drug-likeness (QED) is 0.741. The molecule has 4 nitrogen and oxygen atoms in total. The summed E-state index contributed by atoms with van der Waals surface area (Å²) in [5.74, 6) is 0.872. The van der Waals surface area contributed by atoms with E-state index < -0.39 is 0 Å². The summed E-state index contributed by atoms with van der Waals surface area (Å²) in [6.07, 6.45) is 0. The van der Waals surface area contributed by atoms with Gasteiger partial charge in [-0.2, -0.15) is 0 Å². The fourth-order valence-electron chi connectivity index (χ4n) is 1.70. The van der Waals surface area contributed by atoms with Crippen molar-refractivity contribution in [1.82, 2.24) is 19.7 Å². The molecular formula is C13H12N4S2. The maximum Gasteiger partial charge on any atom is 0.198 e. The van der Waals surface area contributed by atoms with Crippen LogP contribution in [0.1, 0.15) is 5.69 Å². The van der Waals surface area contributed by atoms with Gasteiger partial charge >= 0.3 is 0 Å². The van der Waals surface area contributed by atoms with Crippen LogP contribution >= 0.6 is 23.1 Å². The summed E-state index contributed by atoms with van der Waals surface area (Å²) in [6.45, 7) is 1.99. The minimum absolute atomic E-state index is 0.855. The third-order valence-corrected chi connectivity index (χ3v) is 4.74. The van der Waals surface area contributed by atoms with Gasteiger partial charge in [0, 0.05) is 23.7 Å². The smallest absolute Gasteiger partial charge is 0.198 e. The van der Waals surface area contributed by atoms with Crippen LogP contribution < -0.4 is 0 Å². The van der Waals surface area contributed by atoms with E-state index >= 15 is 0 Å². The minimum atomic E-state index is 0.855. The largest absolute Gasteiger partial charge is 0.305 e. The molecule has 0 spiro atoms. The van der Waals surface area contributed by atoms with Crippen molar-refractivity contribution in [2.45, 2.75) is 16.4 Å². The van der Waals surface area contributed by atoms with E-state index in [9.17, 15) is 0 Å². The van der Waals surface area contributed by atoms with E-state index in [0.717, 1.165) is 26.6 Å². The predicted octanol–water partition coefficient (Wildman–Crippen LogP) is 3.40. The molecule has 19 heavy (non-hydrogen) atoms. The summed E-state index contributed by atoms with van der Waals surface area (Å²) in [6, 6.07) is 10.1. The molecule has 3 aromatic rings. The zero-order valence-corrected chi connectivity index (χ0v) is 12.2. The highest BCUT2D eigenvalue weighted by molar-refractivity contribution is 8.00. The molecule has 0 amide bonds. The van der Waals surface area contributed by atoms with Crippen LogP contribution in [0.4, 0.5) is 0 Å². The van der Waals surface area contributed by atoms with Crippen molar-refractivity contribution in [2.24, 2.45) is 7.05 Å². The Kier molecular flexibility index (Phi) is 3.35. The van der Waals surface area contributed by atoms with E-state index in [2.05, 4.69) is 15.2 Å². The number of nitrogens with zero attached hydrogens (tertiary/aromatic N) is 4. The Morgan fingerprint density at radius 3 is 2.63 bits per heavy atom. The average molecular weight is 288 g/mol. The Labute approximate surface area is 119 Å². The molecule has 1 aromatic carbocycles. The first-order valence-electron chi connectivity index (χ1n) is 5.79. The molecule has 0 radical (unpaired) electrons. The van der Waals surface area contributed by atoms with Crippen LogP contribution in [0.25, 0.3) is 11.4 Å². The lowest BCUT2D eigenvalue weighted by atomic mass is 10.2. The molecular weight excluding hydrogens is 276 g/mol. The molecule has 2 aromatic heterocycles. The van der Waals surface area contributed by atoms with Crippen LogP contribution in [0.5, 0.6) is 0 Å². The third kappa shape index (κ3) is 2.54. The van der Waals surface area contributed by atoms with E-state index in [0.29, 0.717) is 0 Å². The SMILES string of the molecule is Cc1csc(Sc2nnc(-c3ccccc3)n2C)n1. The molecule has 0 unspecified atom stereocenters. The van der Waals surface area contributed by atoms with Gasteiger partial charge in [0.2, 0.25) is 0 Å². The van der Waals surface area contributed by atoms with Crippen LogP contribution in [0.15, 0.2) is 45.2 Å². The molecule has 6 heteroatoms. The minimum Gasteiger partial charge on any atom is -0.305 e. The molecule has 0 bridgehead atoms. The maximum atomic E-state index is 4.43. The second-order valence-electron chi connectivity index (χ2n) is 4.09. The van der Waals surface area contributed by atoms with Crippen LogP contribution in [0.3, 0.4) is 0 Å². The van der Waals surface area contributed by atoms with E-state index in [1.165, 1.54) is 0 Å². The Bertz CT molecular complexity index is 688. The highest BCUT2D eigenvalue weighted by Gasteiger charge is 2.12. The number of hydrogen-bond acceptors (Lipinski definition) is 5. The number of hydrogen-bond donors (Lipinski definition) is 0. The number of aromatic nitrogens is 4. The van der Waals surface area contributed by atoms with E-state index in [-0.39, 0.29) is 0 Å². The summed E-state index contributed by atoms with van der Waals surface area (Å²) in [5, 5.41) is 11.4. The highest BCUT2D eigenvalue weighted by atomic mass is 32.2. The molecule has 2 heterocycles. The lowest BCUT2D eigenvalue weighted by Gasteiger charge is -2.02. The van der Waals surface area contributed by atoms with Crippen molar-refractivity contribution in [2.75, 3.05) is 0 Å². The normalized spacial score (nSPS) is 10.8. The van der Waals surface area contributed by atoms with Gasteiger partial charge in [-0.15, -0.1) is 21.5 Å². The Hall–Kier alpha value is -1.66. The zero-order chi connectivity index (χ0) is 13.2. The van der Waals surface area contributed by atoms with E-state index in [1.807, 2.05) is 54.3 Å². The summed E-state index contributed by atoms with van der Waals surface area (Å²) in [5.41, 5.74) is 2.11. The zero-order valence-electron chi connectivity index (χ0n) is 10.6. The lowest BCUT2D eigenvalue weighted by molar-refractivity contribution is 0.793.